The van der Waals surface area contributed by atoms with Crippen molar-refractivity contribution in [3.63, 3.8) is 0 Å². The first-order valence-corrected chi connectivity index (χ1v) is 8.30. The molecule has 0 atom stereocenters. The zero-order valence-electron chi connectivity index (χ0n) is 14.2. The molecule has 1 heterocycles. The molecule has 0 aliphatic carbocycles. The van der Waals surface area contributed by atoms with Crippen molar-refractivity contribution >= 4 is 16.9 Å². The Balaban J connectivity index is 2.23. The maximum absolute atomic E-state index is 12.9. The molecule has 0 bridgehead atoms. The molecule has 0 unspecified atom stereocenters. The van der Waals surface area contributed by atoms with Crippen LogP contribution in [0.5, 0.6) is 17.2 Å². The van der Waals surface area contributed by atoms with Gasteiger partial charge < -0.3 is 19.4 Å². The third-order valence-corrected chi connectivity index (χ3v) is 3.90. The highest BCUT2D eigenvalue weighted by molar-refractivity contribution is 5.89. The summed E-state index contributed by atoms with van der Waals surface area (Å²) in [6.07, 6.45) is 1.62. The highest BCUT2D eigenvalue weighted by atomic mass is 16.5. The molecule has 134 valence electrons. The average Bonchev–Trinajstić information content (AvgIpc) is 2.62. The first kappa shape index (κ1) is 17.5. The molecule has 2 aromatic carbocycles. The van der Waals surface area contributed by atoms with Crippen molar-refractivity contribution in [3.8, 4) is 28.6 Å². The molecule has 26 heavy (non-hydrogen) atoms. The fourth-order valence-corrected chi connectivity index (χ4v) is 2.63. The van der Waals surface area contributed by atoms with Crippen LogP contribution in [-0.2, 0) is 4.79 Å². The molecule has 3 aromatic rings. The van der Waals surface area contributed by atoms with Crippen LogP contribution in [0, 0.1) is 0 Å². The van der Waals surface area contributed by atoms with Crippen molar-refractivity contribution in [2.75, 3.05) is 0 Å². The lowest BCUT2D eigenvalue weighted by Gasteiger charge is -2.11. The van der Waals surface area contributed by atoms with Gasteiger partial charge in [0.15, 0.2) is 5.76 Å². The van der Waals surface area contributed by atoms with Crippen LogP contribution in [0.25, 0.3) is 22.3 Å². The van der Waals surface area contributed by atoms with E-state index in [9.17, 15) is 19.8 Å². The summed E-state index contributed by atoms with van der Waals surface area (Å²) in [6, 6.07) is 11.0. The maximum Gasteiger partial charge on any atom is 0.311 e. The minimum atomic E-state index is -0.674. The van der Waals surface area contributed by atoms with Gasteiger partial charge in [0.1, 0.15) is 22.5 Å². The number of esters is 1. The Hall–Kier alpha value is -3.28. The maximum atomic E-state index is 12.9. The topological polar surface area (TPSA) is 97.0 Å². The van der Waals surface area contributed by atoms with E-state index in [1.807, 2.05) is 6.92 Å². The molecule has 0 spiro atoms. The molecule has 2 N–H and O–H groups in total. The number of carbonyl (C=O) groups excluding carboxylic acids is 1. The Morgan fingerprint density at radius 3 is 2.58 bits per heavy atom. The Bertz CT molecular complexity index is 1000. The summed E-state index contributed by atoms with van der Waals surface area (Å²) in [6.45, 7) is 1.94. The monoisotopic (exact) mass is 354 g/mol. The van der Waals surface area contributed by atoms with Gasteiger partial charge in [-0.3, -0.25) is 9.59 Å². The number of hydrogen-bond acceptors (Lipinski definition) is 6. The summed E-state index contributed by atoms with van der Waals surface area (Å²) in [5.41, 5.74) is -0.139. The molecular formula is C20H18O6. The molecule has 6 heteroatoms. The molecule has 0 aliphatic rings. The molecule has 0 amide bonds. The number of unbranched alkanes of at least 4 members (excludes halogenated alkanes) is 1. The number of phenolic OH excluding ortho intramolecular Hbond substituents is 2. The van der Waals surface area contributed by atoms with Crippen molar-refractivity contribution in [2.45, 2.75) is 26.2 Å². The van der Waals surface area contributed by atoms with Crippen LogP contribution in [0.4, 0.5) is 0 Å². The summed E-state index contributed by atoms with van der Waals surface area (Å²) in [5, 5.41) is 19.5. The van der Waals surface area contributed by atoms with E-state index >= 15 is 0 Å². The van der Waals surface area contributed by atoms with Gasteiger partial charge in [0.25, 0.3) is 0 Å². The van der Waals surface area contributed by atoms with Gasteiger partial charge in [0.05, 0.1) is 0 Å². The third kappa shape index (κ3) is 3.39. The number of carbonyl (C=O) groups is 1. The lowest BCUT2D eigenvalue weighted by Crippen LogP contribution is -2.16. The Morgan fingerprint density at radius 1 is 1.15 bits per heavy atom. The Kier molecular flexibility index (Phi) is 4.93. The SMILES string of the molecule is CCCCC(=O)Oc1c(-c2ccccc2)oc2cc(O)cc(O)c2c1=O. The summed E-state index contributed by atoms with van der Waals surface area (Å²) < 4.78 is 11.0. The van der Waals surface area contributed by atoms with Gasteiger partial charge in [-0.05, 0) is 6.42 Å². The van der Waals surface area contributed by atoms with Crippen LogP contribution in [-0.4, -0.2) is 16.2 Å². The molecule has 0 aliphatic heterocycles. The third-order valence-electron chi connectivity index (χ3n) is 3.90. The minimum Gasteiger partial charge on any atom is -0.508 e. The van der Waals surface area contributed by atoms with Crippen molar-refractivity contribution in [3.05, 3.63) is 52.7 Å². The van der Waals surface area contributed by atoms with Crippen LogP contribution in [0.1, 0.15) is 26.2 Å². The second kappa shape index (κ2) is 7.31. The van der Waals surface area contributed by atoms with E-state index in [1.54, 1.807) is 30.3 Å². The zero-order chi connectivity index (χ0) is 18.7. The Morgan fingerprint density at radius 2 is 1.88 bits per heavy atom. The second-order valence-corrected chi connectivity index (χ2v) is 5.87. The van der Waals surface area contributed by atoms with Crippen LogP contribution in [0.15, 0.2) is 51.7 Å². The summed E-state index contributed by atoms with van der Waals surface area (Å²) in [7, 11) is 0. The molecule has 0 saturated carbocycles. The number of rotatable bonds is 5. The lowest BCUT2D eigenvalue weighted by atomic mass is 10.1. The highest BCUT2D eigenvalue weighted by Crippen LogP contribution is 2.35. The smallest absolute Gasteiger partial charge is 0.311 e. The van der Waals surface area contributed by atoms with E-state index in [0.717, 1.165) is 12.5 Å². The van der Waals surface area contributed by atoms with Crippen LogP contribution >= 0.6 is 0 Å². The molecular weight excluding hydrogens is 336 g/mol. The van der Waals surface area contributed by atoms with E-state index < -0.39 is 17.1 Å². The van der Waals surface area contributed by atoms with Gasteiger partial charge in [-0.25, -0.2) is 0 Å². The van der Waals surface area contributed by atoms with Crippen LogP contribution < -0.4 is 10.2 Å². The van der Waals surface area contributed by atoms with Gasteiger partial charge in [0.2, 0.25) is 11.2 Å². The van der Waals surface area contributed by atoms with Crippen molar-refractivity contribution in [1.82, 2.24) is 0 Å². The largest absolute Gasteiger partial charge is 0.508 e. The number of phenols is 2. The number of fused-ring (bicyclic) bond motifs is 1. The minimum absolute atomic E-state index is 0.000268. The standard InChI is InChI=1S/C20H18O6/c1-2-3-9-16(23)26-20-18(24)17-14(22)10-13(21)11-15(17)25-19(20)12-7-5-4-6-8-12/h4-8,10-11,21-22H,2-3,9H2,1H3. The zero-order valence-corrected chi connectivity index (χ0v) is 14.2. The predicted octanol–water partition coefficient (Wildman–Crippen LogP) is 3.97. The van der Waals surface area contributed by atoms with Gasteiger partial charge in [0, 0.05) is 24.1 Å². The normalized spacial score (nSPS) is 10.8. The lowest BCUT2D eigenvalue weighted by molar-refractivity contribution is -0.134. The predicted molar refractivity (Wildman–Crippen MR) is 96.4 cm³/mol. The molecule has 3 rings (SSSR count). The molecule has 0 saturated heterocycles. The van der Waals surface area contributed by atoms with E-state index in [2.05, 4.69) is 0 Å². The molecule has 0 radical (unpaired) electrons. The summed E-state index contributed by atoms with van der Waals surface area (Å²) >= 11 is 0. The fraction of sp³-hybridized carbons (Fsp3) is 0.200. The quantitative estimate of drug-likeness (QED) is 0.673. The molecule has 1 aromatic heterocycles. The highest BCUT2D eigenvalue weighted by Gasteiger charge is 2.22. The van der Waals surface area contributed by atoms with E-state index in [0.29, 0.717) is 12.0 Å². The average molecular weight is 354 g/mol. The first-order chi connectivity index (χ1) is 12.5. The van der Waals surface area contributed by atoms with Gasteiger partial charge >= 0.3 is 5.97 Å². The van der Waals surface area contributed by atoms with Crippen molar-refractivity contribution in [1.29, 1.82) is 0 Å². The van der Waals surface area contributed by atoms with E-state index in [4.69, 9.17) is 9.15 Å². The van der Waals surface area contributed by atoms with Gasteiger partial charge in [-0.1, -0.05) is 43.7 Å². The first-order valence-electron chi connectivity index (χ1n) is 8.30. The van der Waals surface area contributed by atoms with Crippen molar-refractivity contribution < 1.29 is 24.2 Å². The summed E-state index contributed by atoms with van der Waals surface area (Å²) in [4.78, 5) is 25.0. The Labute approximate surface area is 149 Å². The van der Waals surface area contributed by atoms with E-state index in [1.165, 1.54) is 6.07 Å². The molecule has 6 nitrogen and oxygen atoms in total. The fourth-order valence-electron chi connectivity index (χ4n) is 2.63. The van der Waals surface area contributed by atoms with Crippen molar-refractivity contribution in [2.24, 2.45) is 0 Å². The van der Waals surface area contributed by atoms with Crippen LogP contribution in [0.2, 0.25) is 0 Å². The number of benzene rings is 2. The van der Waals surface area contributed by atoms with Gasteiger partial charge in [-0.15, -0.1) is 0 Å². The van der Waals surface area contributed by atoms with Gasteiger partial charge in [-0.2, -0.15) is 0 Å². The summed E-state index contributed by atoms with van der Waals surface area (Å²) in [5.74, 6) is -1.44. The molecule has 0 fully saturated rings. The second-order valence-electron chi connectivity index (χ2n) is 5.87. The number of ether oxygens (including phenoxy) is 1. The van der Waals surface area contributed by atoms with E-state index in [-0.39, 0.29) is 34.6 Å². The van der Waals surface area contributed by atoms with Crippen LogP contribution in [0.3, 0.4) is 0 Å². The number of aromatic hydroxyl groups is 2. The number of hydrogen-bond donors (Lipinski definition) is 2.